The van der Waals surface area contributed by atoms with Crippen molar-refractivity contribution in [3.8, 4) is 0 Å². The van der Waals surface area contributed by atoms with Crippen molar-refractivity contribution >= 4 is 16.7 Å². The SMILES string of the molecule is CCCn1c(CN2CCNCC2)c(C(=O)NCc2cccc(F)c2)c2cccc(F)c2c1=O. The zero-order valence-corrected chi connectivity index (χ0v) is 18.7. The molecule has 1 saturated heterocycles. The lowest BCUT2D eigenvalue weighted by molar-refractivity contribution is 0.0948. The highest BCUT2D eigenvalue weighted by atomic mass is 19.1. The lowest BCUT2D eigenvalue weighted by atomic mass is 10.0. The van der Waals surface area contributed by atoms with E-state index in [1.54, 1.807) is 22.8 Å². The molecule has 0 atom stereocenters. The van der Waals surface area contributed by atoms with Gasteiger partial charge in [-0.1, -0.05) is 31.2 Å². The number of amides is 1. The van der Waals surface area contributed by atoms with E-state index in [9.17, 15) is 18.4 Å². The van der Waals surface area contributed by atoms with Crippen molar-refractivity contribution in [2.24, 2.45) is 0 Å². The standard InChI is InChI=1S/C25H28F2N4O2/c1-2-11-31-21(16-30-12-9-28-10-13-30)23(19-7-4-8-20(27)22(19)25(31)33)24(32)29-15-17-5-3-6-18(26)14-17/h3-8,14,28H,2,9-13,15-16H2,1H3,(H,29,32). The van der Waals surface area contributed by atoms with Crippen molar-refractivity contribution in [3.63, 3.8) is 0 Å². The number of nitrogens with one attached hydrogen (secondary N) is 2. The highest BCUT2D eigenvalue weighted by molar-refractivity contribution is 6.07. The summed E-state index contributed by atoms with van der Waals surface area (Å²) in [6.45, 7) is 6.06. The second-order valence-electron chi connectivity index (χ2n) is 8.28. The first-order valence-electron chi connectivity index (χ1n) is 11.3. The van der Waals surface area contributed by atoms with Crippen molar-refractivity contribution in [2.75, 3.05) is 26.2 Å². The third-order valence-corrected chi connectivity index (χ3v) is 5.96. The van der Waals surface area contributed by atoms with Crippen LogP contribution in [0.1, 0.15) is 35.0 Å². The summed E-state index contributed by atoms with van der Waals surface area (Å²) in [6, 6.07) is 10.4. The molecule has 0 aliphatic carbocycles. The Morgan fingerprint density at radius 3 is 2.61 bits per heavy atom. The predicted octanol–water partition coefficient (Wildman–Crippen LogP) is 3.02. The molecule has 2 aromatic carbocycles. The Bertz CT molecular complexity index is 1220. The molecule has 174 valence electrons. The fraction of sp³-hybridized carbons (Fsp3) is 0.360. The summed E-state index contributed by atoms with van der Waals surface area (Å²) >= 11 is 0. The van der Waals surface area contributed by atoms with Gasteiger partial charge >= 0.3 is 0 Å². The number of aromatic nitrogens is 1. The Balaban J connectivity index is 1.82. The molecule has 1 aliphatic rings. The van der Waals surface area contributed by atoms with Crippen molar-refractivity contribution in [1.29, 1.82) is 0 Å². The van der Waals surface area contributed by atoms with E-state index in [0.29, 0.717) is 41.7 Å². The zero-order valence-electron chi connectivity index (χ0n) is 18.7. The van der Waals surface area contributed by atoms with Crippen LogP contribution in [0.5, 0.6) is 0 Å². The average Bonchev–Trinajstić information content (AvgIpc) is 2.81. The normalized spacial score (nSPS) is 14.5. The quantitative estimate of drug-likeness (QED) is 0.576. The Morgan fingerprint density at radius 1 is 1.12 bits per heavy atom. The highest BCUT2D eigenvalue weighted by Gasteiger charge is 2.25. The maximum absolute atomic E-state index is 14.8. The molecule has 6 nitrogen and oxygen atoms in total. The maximum atomic E-state index is 14.8. The molecule has 33 heavy (non-hydrogen) atoms. The van der Waals surface area contributed by atoms with Crippen LogP contribution in [-0.4, -0.2) is 41.6 Å². The summed E-state index contributed by atoms with van der Waals surface area (Å²) in [5.74, 6) is -1.44. The van der Waals surface area contributed by atoms with Crippen LogP contribution in [-0.2, 0) is 19.6 Å². The topological polar surface area (TPSA) is 66.4 Å². The van der Waals surface area contributed by atoms with E-state index in [4.69, 9.17) is 0 Å². The van der Waals surface area contributed by atoms with E-state index in [0.717, 1.165) is 26.2 Å². The van der Waals surface area contributed by atoms with Crippen LogP contribution >= 0.6 is 0 Å². The van der Waals surface area contributed by atoms with Crippen molar-refractivity contribution in [3.05, 3.63) is 81.3 Å². The lowest BCUT2D eigenvalue weighted by Gasteiger charge is -2.29. The van der Waals surface area contributed by atoms with Crippen LogP contribution in [0.4, 0.5) is 8.78 Å². The molecule has 3 aromatic rings. The number of pyridine rings is 1. The first-order chi connectivity index (χ1) is 16.0. The van der Waals surface area contributed by atoms with Crippen molar-refractivity contribution < 1.29 is 13.6 Å². The van der Waals surface area contributed by atoms with E-state index >= 15 is 0 Å². The second-order valence-corrected chi connectivity index (χ2v) is 8.28. The van der Waals surface area contributed by atoms with Crippen molar-refractivity contribution in [1.82, 2.24) is 20.1 Å². The van der Waals surface area contributed by atoms with E-state index in [2.05, 4.69) is 15.5 Å². The summed E-state index contributed by atoms with van der Waals surface area (Å²) in [5.41, 5.74) is 1.08. The van der Waals surface area contributed by atoms with Gasteiger partial charge in [-0.2, -0.15) is 0 Å². The number of nitrogens with zero attached hydrogens (tertiary/aromatic N) is 2. The van der Waals surface area contributed by atoms with Crippen molar-refractivity contribution in [2.45, 2.75) is 33.0 Å². The monoisotopic (exact) mass is 454 g/mol. The van der Waals surface area contributed by atoms with Crippen LogP contribution in [0.2, 0.25) is 0 Å². The fourth-order valence-electron chi connectivity index (χ4n) is 4.37. The largest absolute Gasteiger partial charge is 0.348 e. The molecule has 0 spiro atoms. The minimum Gasteiger partial charge on any atom is -0.348 e. The summed E-state index contributed by atoms with van der Waals surface area (Å²) < 4.78 is 29.9. The number of rotatable bonds is 7. The first kappa shape index (κ1) is 23.1. The summed E-state index contributed by atoms with van der Waals surface area (Å²) in [7, 11) is 0. The zero-order chi connectivity index (χ0) is 23.4. The average molecular weight is 455 g/mol. The summed E-state index contributed by atoms with van der Waals surface area (Å²) in [6.07, 6.45) is 0.665. The molecular weight excluding hydrogens is 426 g/mol. The first-order valence-corrected chi connectivity index (χ1v) is 11.3. The number of fused-ring (bicyclic) bond motifs is 1. The van der Waals surface area contributed by atoms with Gasteiger partial charge in [0.05, 0.1) is 10.9 Å². The molecule has 0 bridgehead atoms. The number of benzene rings is 2. The molecule has 0 saturated carbocycles. The van der Waals surface area contributed by atoms with Gasteiger partial charge in [0.15, 0.2) is 0 Å². The van der Waals surface area contributed by atoms with Crippen LogP contribution in [0.3, 0.4) is 0 Å². The number of carbonyl (C=O) groups is 1. The van der Waals surface area contributed by atoms with Gasteiger partial charge in [-0.25, -0.2) is 8.78 Å². The van der Waals surface area contributed by atoms with Crippen LogP contribution in [0.25, 0.3) is 10.8 Å². The molecule has 1 aromatic heterocycles. The summed E-state index contributed by atoms with van der Waals surface area (Å²) in [5, 5.41) is 6.37. The number of piperazine rings is 1. The molecule has 0 unspecified atom stereocenters. The van der Waals surface area contributed by atoms with Gasteiger partial charge in [0, 0.05) is 56.9 Å². The molecule has 4 rings (SSSR count). The fourth-order valence-corrected chi connectivity index (χ4v) is 4.37. The van der Waals surface area contributed by atoms with E-state index in [-0.39, 0.29) is 17.7 Å². The van der Waals surface area contributed by atoms with Crippen LogP contribution in [0.15, 0.2) is 47.3 Å². The van der Waals surface area contributed by atoms with Crippen LogP contribution < -0.4 is 16.2 Å². The highest BCUT2D eigenvalue weighted by Crippen LogP contribution is 2.24. The van der Waals surface area contributed by atoms with Gasteiger partial charge in [-0.15, -0.1) is 0 Å². The molecule has 8 heteroatoms. The van der Waals surface area contributed by atoms with Gasteiger partial charge in [0.2, 0.25) is 0 Å². The molecule has 1 fully saturated rings. The molecule has 1 amide bonds. The third-order valence-electron chi connectivity index (χ3n) is 5.96. The van der Waals surface area contributed by atoms with Gasteiger partial charge in [0.25, 0.3) is 11.5 Å². The van der Waals surface area contributed by atoms with E-state index in [1.165, 1.54) is 24.3 Å². The molecule has 2 heterocycles. The predicted molar refractivity (Wildman–Crippen MR) is 124 cm³/mol. The molecular formula is C25H28F2N4O2. The van der Waals surface area contributed by atoms with Gasteiger partial charge < -0.3 is 15.2 Å². The molecule has 1 aliphatic heterocycles. The number of hydrogen-bond acceptors (Lipinski definition) is 4. The molecule has 0 radical (unpaired) electrons. The van der Waals surface area contributed by atoms with Gasteiger partial charge in [0.1, 0.15) is 11.6 Å². The Hall–Kier alpha value is -3.10. The number of carbonyl (C=O) groups excluding carboxylic acids is 1. The lowest BCUT2D eigenvalue weighted by Crippen LogP contribution is -2.44. The number of halogens is 2. The van der Waals surface area contributed by atoms with E-state index in [1.807, 2.05) is 6.92 Å². The van der Waals surface area contributed by atoms with Gasteiger partial charge in [-0.3, -0.25) is 14.5 Å². The third kappa shape index (κ3) is 4.96. The summed E-state index contributed by atoms with van der Waals surface area (Å²) in [4.78, 5) is 29.0. The Labute approximate surface area is 191 Å². The maximum Gasteiger partial charge on any atom is 0.261 e. The second kappa shape index (κ2) is 10.2. The van der Waals surface area contributed by atoms with Crippen LogP contribution in [0, 0.1) is 11.6 Å². The smallest absolute Gasteiger partial charge is 0.261 e. The van der Waals surface area contributed by atoms with Gasteiger partial charge in [-0.05, 0) is 30.2 Å². The Morgan fingerprint density at radius 2 is 1.88 bits per heavy atom. The van der Waals surface area contributed by atoms with E-state index < -0.39 is 17.3 Å². The number of hydrogen-bond donors (Lipinski definition) is 2. The Kier molecular flexibility index (Phi) is 7.15. The molecule has 2 N–H and O–H groups in total. The minimum absolute atomic E-state index is 0.0779. The minimum atomic E-state index is -0.643.